The van der Waals surface area contributed by atoms with E-state index in [4.69, 9.17) is 4.74 Å². The molecule has 0 amide bonds. The second-order valence-electron chi connectivity index (χ2n) is 6.49. The third kappa shape index (κ3) is 3.88. The van der Waals surface area contributed by atoms with Gasteiger partial charge in [0.05, 0.1) is 6.61 Å². The van der Waals surface area contributed by atoms with Gasteiger partial charge in [-0.2, -0.15) is 11.3 Å². The second kappa shape index (κ2) is 7.87. The van der Waals surface area contributed by atoms with Gasteiger partial charge in [-0.1, -0.05) is 6.07 Å². The van der Waals surface area contributed by atoms with Crippen molar-refractivity contribution in [3.63, 3.8) is 0 Å². The fraction of sp³-hybridized carbons (Fsp3) is 0.286. The molecule has 3 aromatic rings. The van der Waals surface area contributed by atoms with E-state index < -0.39 is 0 Å². The van der Waals surface area contributed by atoms with Crippen LogP contribution in [0.4, 0.5) is 5.82 Å². The molecule has 0 fully saturated rings. The summed E-state index contributed by atoms with van der Waals surface area (Å²) in [6, 6.07) is 8.48. The van der Waals surface area contributed by atoms with E-state index >= 15 is 0 Å². The molecule has 4 nitrogen and oxygen atoms in total. The summed E-state index contributed by atoms with van der Waals surface area (Å²) in [6.07, 6.45) is 7.26. The normalized spacial score (nSPS) is 12.8. The van der Waals surface area contributed by atoms with E-state index in [1.165, 1.54) is 11.1 Å². The van der Waals surface area contributed by atoms with Crippen LogP contribution in [-0.4, -0.2) is 23.1 Å². The predicted molar refractivity (Wildman–Crippen MR) is 107 cm³/mol. The molecule has 26 heavy (non-hydrogen) atoms. The van der Waals surface area contributed by atoms with Crippen LogP contribution in [0.3, 0.4) is 0 Å². The minimum atomic E-state index is 0.691. The Morgan fingerprint density at radius 2 is 2.12 bits per heavy atom. The maximum absolute atomic E-state index is 5.90. The SMILES string of the molecule is Cc1cnc(-c2ccsc2)nc1NCCCOc1ccc2c(c1)C[CH]C2. The summed E-state index contributed by atoms with van der Waals surface area (Å²) >= 11 is 1.66. The fourth-order valence-corrected chi connectivity index (χ4v) is 3.72. The zero-order chi connectivity index (χ0) is 17.8. The van der Waals surface area contributed by atoms with Crippen LogP contribution in [-0.2, 0) is 12.8 Å². The summed E-state index contributed by atoms with van der Waals surface area (Å²) in [7, 11) is 0. The second-order valence-corrected chi connectivity index (χ2v) is 7.27. The first-order valence-electron chi connectivity index (χ1n) is 8.96. The predicted octanol–water partition coefficient (Wildman–Crippen LogP) is 4.70. The van der Waals surface area contributed by atoms with E-state index in [9.17, 15) is 0 Å². The number of ether oxygens (including phenoxy) is 1. The standard InChI is InChI=1S/C21H22N3OS/c1-15-13-23-21(18-8-11-26-14-18)24-20(15)22-9-3-10-25-19-7-6-16-4-2-5-17(16)12-19/h2,6-8,11-14H,3-5,9-10H2,1H3,(H,22,23,24). The van der Waals surface area contributed by atoms with Crippen molar-refractivity contribution in [3.8, 4) is 17.1 Å². The highest BCUT2D eigenvalue weighted by Gasteiger charge is 2.11. The van der Waals surface area contributed by atoms with E-state index in [2.05, 4.69) is 45.3 Å². The van der Waals surface area contributed by atoms with Crippen molar-refractivity contribution in [1.29, 1.82) is 0 Å². The van der Waals surface area contributed by atoms with Gasteiger partial charge in [0, 0.05) is 29.2 Å². The van der Waals surface area contributed by atoms with Crippen molar-refractivity contribution < 1.29 is 4.74 Å². The Morgan fingerprint density at radius 3 is 3.00 bits per heavy atom. The highest BCUT2D eigenvalue weighted by Crippen LogP contribution is 2.25. The first kappa shape index (κ1) is 17.0. The molecule has 2 heterocycles. The van der Waals surface area contributed by atoms with Gasteiger partial charge < -0.3 is 10.1 Å². The van der Waals surface area contributed by atoms with Crippen LogP contribution in [0.5, 0.6) is 5.75 Å². The lowest BCUT2D eigenvalue weighted by molar-refractivity contribution is 0.314. The topological polar surface area (TPSA) is 47.0 Å². The number of rotatable bonds is 7. The lowest BCUT2D eigenvalue weighted by atomic mass is 10.1. The molecule has 2 aromatic heterocycles. The summed E-state index contributed by atoms with van der Waals surface area (Å²) < 4.78 is 5.90. The number of thiophene rings is 1. The molecule has 1 aromatic carbocycles. The van der Waals surface area contributed by atoms with E-state index in [0.717, 1.165) is 54.3 Å². The average Bonchev–Trinajstić information content (AvgIpc) is 3.34. The van der Waals surface area contributed by atoms with Crippen LogP contribution in [0, 0.1) is 13.3 Å². The van der Waals surface area contributed by atoms with Gasteiger partial charge in [-0.25, -0.2) is 9.97 Å². The molecule has 1 radical (unpaired) electrons. The van der Waals surface area contributed by atoms with Crippen molar-refractivity contribution >= 4 is 17.2 Å². The lowest BCUT2D eigenvalue weighted by Crippen LogP contribution is -2.10. The molecule has 1 N–H and O–H groups in total. The van der Waals surface area contributed by atoms with Crippen molar-refractivity contribution in [2.75, 3.05) is 18.5 Å². The summed E-state index contributed by atoms with van der Waals surface area (Å²) in [4.78, 5) is 9.07. The molecule has 0 saturated carbocycles. The molecule has 5 heteroatoms. The zero-order valence-electron chi connectivity index (χ0n) is 14.9. The quantitative estimate of drug-likeness (QED) is 0.618. The highest BCUT2D eigenvalue weighted by atomic mass is 32.1. The molecule has 1 aliphatic carbocycles. The van der Waals surface area contributed by atoms with Gasteiger partial charge in [-0.3, -0.25) is 0 Å². The van der Waals surface area contributed by atoms with E-state index in [1.807, 2.05) is 24.6 Å². The maximum atomic E-state index is 5.90. The maximum Gasteiger partial charge on any atom is 0.162 e. The van der Waals surface area contributed by atoms with Gasteiger partial charge in [0.1, 0.15) is 11.6 Å². The third-order valence-electron chi connectivity index (χ3n) is 4.54. The third-order valence-corrected chi connectivity index (χ3v) is 5.22. The Kier molecular flexibility index (Phi) is 5.16. The number of nitrogens with one attached hydrogen (secondary N) is 1. The van der Waals surface area contributed by atoms with Crippen LogP contribution in [0.1, 0.15) is 23.1 Å². The lowest BCUT2D eigenvalue weighted by Gasteiger charge is -2.11. The number of hydrogen-bond acceptors (Lipinski definition) is 5. The van der Waals surface area contributed by atoms with Crippen LogP contribution in [0.15, 0.2) is 41.2 Å². The van der Waals surface area contributed by atoms with Gasteiger partial charge >= 0.3 is 0 Å². The minimum Gasteiger partial charge on any atom is -0.494 e. The molecule has 0 spiro atoms. The van der Waals surface area contributed by atoms with Crippen molar-refractivity contribution in [2.45, 2.75) is 26.2 Å². The summed E-state index contributed by atoms with van der Waals surface area (Å²) in [5.74, 6) is 2.64. The fourth-order valence-electron chi connectivity index (χ4n) is 3.09. The molecule has 0 atom stereocenters. The zero-order valence-corrected chi connectivity index (χ0v) is 15.7. The Hall–Kier alpha value is -2.40. The molecule has 0 bridgehead atoms. The summed E-state index contributed by atoms with van der Waals surface area (Å²) in [6.45, 7) is 3.54. The number of fused-ring (bicyclic) bond motifs is 1. The van der Waals surface area contributed by atoms with Crippen LogP contribution >= 0.6 is 11.3 Å². The van der Waals surface area contributed by atoms with Crippen molar-refractivity contribution in [1.82, 2.24) is 9.97 Å². The number of nitrogens with zero attached hydrogens (tertiary/aromatic N) is 2. The van der Waals surface area contributed by atoms with Gasteiger partial charge in [-0.05, 0) is 67.3 Å². The molecule has 0 saturated heterocycles. The number of aryl methyl sites for hydroxylation is 1. The Morgan fingerprint density at radius 1 is 1.19 bits per heavy atom. The Bertz CT molecular complexity index is 877. The molecule has 1 aliphatic rings. The monoisotopic (exact) mass is 364 g/mol. The highest BCUT2D eigenvalue weighted by molar-refractivity contribution is 7.08. The first-order chi connectivity index (χ1) is 12.8. The van der Waals surface area contributed by atoms with Crippen molar-refractivity contribution in [3.05, 3.63) is 64.3 Å². The molecule has 0 aliphatic heterocycles. The van der Waals surface area contributed by atoms with Gasteiger partial charge in [0.25, 0.3) is 0 Å². The van der Waals surface area contributed by atoms with Gasteiger partial charge in [0.2, 0.25) is 0 Å². The van der Waals surface area contributed by atoms with Crippen LogP contribution < -0.4 is 10.1 Å². The smallest absolute Gasteiger partial charge is 0.162 e. The average molecular weight is 364 g/mol. The largest absolute Gasteiger partial charge is 0.494 e. The minimum absolute atomic E-state index is 0.691. The molecule has 0 unspecified atom stereocenters. The Labute approximate surface area is 158 Å². The first-order valence-corrected chi connectivity index (χ1v) is 9.90. The molecule has 133 valence electrons. The van der Waals surface area contributed by atoms with Crippen LogP contribution in [0.25, 0.3) is 11.4 Å². The molecule has 4 rings (SSSR count). The summed E-state index contributed by atoms with van der Waals surface area (Å²) in [5, 5.41) is 7.52. The Balaban J connectivity index is 1.28. The van der Waals surface area contributed by atoms with Gasteiger partial charge in [-0.15, -0.1) is 0 Å². The van der Waals surface area contributed by atoms with Crippen molar-refractivity contribution in [2.24, 2.45) is 0 Å². The van der Waals surface area contributed by atoms with E-state index in [0.29, 0.717) is 6.61 Å². The van der Waals surface area contributed by atoms with E-state index in [1.54, 1.807) is 11.3 Å². The number of benzene rings is 1. The van der Waals surface area contributed by atoms with Gasteiger partial charge in [0.15, 0.2) is 5.82 Å². The molecular weight excluding hydrogens is 342 g/mol. The number of anilines is 1. The molecular formula is C21H22N3OS. The van der Waals surface area contributed by atoms with Crippen LogP contribution in [0.2, 0.25) is 0 Å². The summed E-state index contributed by atoms with van der Waals surface area (Å²) in [5.41, 5.74) is 4.95. The number of hydrogen-bond donors (Lipinski definition) is 1. The number of aromatic nitrogens is 2. The van der Waals surface area contributed by atoms with E-state index in [-0.39, 0.29) is 0 Å².